The average molecular weight is 341 g/mol. The molecule has 0 aliphatic carbocycles. The summed E-state index contributed by atoms with van der Waals surface area (Å²) in [6, 6.07) is 18.6. The zero-order valence-electron chi connectivity index (χ0n) is 13.0. The van der Waals surface area contributed by atoms with Gasteiger partial charge < -0.3 is 15.1 Å². The zero-order chi connectivity index (χ0) is 16.8. The van der Waals surface area contributed by atoms with Crippen LogP contribution in [0.5, 0.6) is 0 Å². The van der Waals surface area contributed by atoms with Crippen LogP contribution in [0, 0.1) is 0 Å². The number of hydrogen-bond acceptors (Lipinski definition) is 3. The Bertz CT molecular complexity index is 781. The fourth-order valence-electron chi connectivity index (χ4n) is 2.27. The predicted octanol–water partition coefficient (Wildman–Crippen LogP) is 4.73. The SMILES string of the molecule is O=C(Cc1ccc(Cl)cc1)Nc1ccc(NCc2ccco2)cc1. The number of furan rings is 1. The lowest BCUT2D eigenvalue weighted by molar-refractivity contribution is -0.115. The van der Waals surface area contributed by atoms with Crippen molar-refractivity contribution in [2.45, 2.75) is 13.0 Å². The molecule has 0 aliphatic rings. The number of carbonyl (C=O) groups excluding carboxylic acids is 1. The van der Waals surface area contributed by atoms with E-state index in [-0.39, 0.29) is 5.91 Å². The van der Waals surface area contributed by atoms with E-state index in [0.717, 1.165) is 22.7 Å². The highest BCUT2D eigenvalue weighted by Crippen LogP contribution is 2.16. The van der Waals surface area contributed by atoms with Gasteiger partial charge in [0, 0.05) is 16.4 Å². The second kappa shape index (κ2) is 7.70. The van der Waals surface area contributed by atoms with E-state index < -0.39 is 0 Å². The Morgan fingerprint density at radius 3 is 2.33 bits per heavy atom. The predicted molar refractivity (Wildman–Crippen MR) is 96.3 cm³/mol. The van der Waals surface area contributed by atoms with Gasteiger partial charge in [-0.15, -0.1) is 0 Å². The highest BCUT2D eigenvalue weighted by Gasteiger charge is 2.04. The summed E-state index contributed by atoms with van der Waals surface area (Å²) < 4.78 is 5.27. The maximum atomic E-state index is 12.1. The van der Waals surface area contributed by atoms with Crippen LogP contribution in [0.1, 0.15) is 11.3 Å². The second-order valence-electron chi connectivity index (χ2n) is 5.36. The molecule has 2 aromatic carbocycles. The first-order valence-corrected chi connectivity index (χ1v) is 7.97. The van der Waals surface area contributed by atoms with Gasteiger partial charge in [-0.1, -0.05) is 23.7 Å². The van der Waals surface area contributed by atoms with E-state index in [1.54, 1.807) is 18.4 Å². The molecule has 3 rings (SSSR count). The van der Waals surface area contributed by atoms with E-state index in [1.165, 1.54) is 0 Å². The average Bonchev–Trinajstić information content (AvgIpc) is 3.10. The van der Waals surface area contributed by atoms with Gasteiger partial charge >= 0.3 is 0 Å². The number of amides is 1. The number of rotatable bonds is 6. The van der Waals surface area contributed by atoms with Crippen LogP contribution in [0.3, 0.4) is 0 Å². The van der Waals surface area contributed by atoms with Gasteiger partial charge in [-0.2, -0.15) is 0 Å². The molecule has 0 fully saturated rings. The van der Waals surface area contributed by atoms with E-state index in [9.17, 15) is 4.79 Å². The van der Waals surface area contributed by atoms with Crippen molar-refractivity contribution in [1.29, 1.82) is 0 Å². The summed E-state index contributed by atoms with van der Waals surface area (Å²) in [6.07, 6.45) is 1.96. The Hall–Kier alpha value is -2.72. The largest absolute Gasteiger partial charge is 0.467 e. The molecule has 2 N–H and O–H groups in total. The summed E-state index contributed by atoms with van der Waals surface area (Å²) in [4.78, 5) is 12.1. The molecule has 0 spiro atoms. The third-order valence-electron chi connectivity index (χ3n) is 3.49. The zero-order valence-corrected chi connectivity index (χ0v) is 13.7. The molecule has 0 unspecified atom stereocenters. The molecule has 0 radical (unpaired) electrons. The fraction of sp³-hybridized carbons (Fsp3) is 0.105. The molecule has 1 heterocycles. The molecular formula is C19H17ClN2O2. The van der Waals surface area contributed by atoms with Gasteiger partial charge in [0.1, 0.15) is 5.76 Å². The van der Waals surface area contributed by atoms with Crippen molar-refractivity contribution in [3.05, 3.63) is 83.3 Å². The van der Waals surface area contributed by atoms with E-state index >= 15 is 0 Å². The number of hydrogen-bond donors (Lipinski definition) is 2. The van der Waals surface area contributed by atoms with E-state index in [1.807, 2.05) is 48.5 Å². The monoisotopic (exact) mass is 340 g/mol. The Labute approximate surface area is 145 Å². The van der Waals surface area contributed by atoms with Crippen LogP contribution >= 0.6 is 11.6 Å². The van der Waals surface area contributed by atoms with Gasteiger partial charge in [-0.25, -0.2) is 0 Å². The Morgan fingerprint density at radius 1 is 0.958 bits per heavy atom. The summed E-state index contributed by atoms with van der Waals surface area (Å²) in [5.74, 6) is 0.809. The van der Waals surface area contributed by atoms with E-state index in [2.05, 4.69) is 10.6 Å². The van der Waals surface area contributed by atoms with Crippen molar-refractivity contribution in [1.82, 2.24) is 0 Å². The highest BCUT2D eigenvalue weighted by atomic mass is 35.5. The molecule has 1 aromatic heterocycles. The maximum absolute atomic E-state index is 12.1. The lowest BCUT2D eigenvalue weighted by atomic mass is 10.1. The van der Waals surface area contributed by atoms with Crippen molar-refractivity contribution in [3.8, 4) is 0 Å². The summed E-state index contributed by atoms with van der Waals surface area (Å²) in [5.41, 5.74) is 2.65. The minimum atomic E-state index is -0.0615. The van der Waals surface area contributed by atoms with E-state index in [0.29, 0.717) is 18.0 Å². The molecule has 122 valence electrons. The first-order valence-electron chi connectivity index (χ1n) is 7.60. The third-order valence-corrected chi connectivity index (χ3v) is 3.75. The number of nitrogens with one attached hydrogen (secondary N) is 2. The minimum absolute atomic E-state index is 0.0615. The van der Waals surface area contributed by atoms with Crippen LogP contribution in [0.25, 0.3) is 0 Å². The van der Waals surface area contributed by atoms with Crippen molar-refractivity contribution in [3.63, 3.8) is 0 Å². The summed E-state index contributed by atoms with van der Waals surface area (Å²) >= 11 is 5.84. The van der Waals surface area contributed by atoms with Gasteiger partial charge in [0.15, 0.2) is 0 Å². The van der Waals surface area contributed by atoms with Crippen LogP contribution in [-0.2, 0) is 17.8 Å². The molecule has 0 atom stereocenters. The minimum Gasteiger partial charge on any atom is -0.467 e. The summed E-state index contributed by atoms with van der Waals surface area (Å²) in [7, 11) is 0. The smallest absolute Gasteiger partial charge is 0.228 e. The second-order valence-corrected chi connectivity index (χ2v) is 5.80. The van der Waals surface area contributed by atoms with Crippen LogP contribution in [0.4, 0.5) is 11.4 Å². The highest BCUT2D eigenvalue weighted by molar-refractivity contribution is 6.30. The Kier molecular flexibility index (Phi) is 5.18. The third kappa shape index (κ3) is 4.64. The molecule has 5 heteroatoms. The number of carbonyl (C=O) groups is 1. The molecule has 0 saturated heterocycles. The molecule has 24 heavy (non-hydrogen) atoms. The lowest BCUT2D eigenvalue weighted by Gasteiger charge is -2.08. The Balaban J connectivity index is 1.51. The van der Waals surface area contributed by atoms with Gasteiger partial charge in [-0.3, -0.25) is 4.79 Å². The van der Waals surface area contributed by atoms with Crippen molar-refractivity contribution < 1.29 is 9.21 Å². The van der Waals surface area contributed by atoms with Crippen LogP contribution < -0.4 is 10.6 Å². The van der Waals surface area contributed by atoms with Crippen molar-refractivity contribution in [2.24, 2.45) is 0 Å². The normalized spacial score (nSPS) is 10.4. The van der Waals surface area contributed by atoms with Gasteiger partial charge in [-0.05, 0) is 54.1 Å². The quantitative estimate of drug-likeness (QED) is 0.682. The van der Waals surface area contributed by atoms with Crippen LogP contribution in [-0.4, -0.2) is 5.91 Å². The molecule has 3 aromatic rings. The topological polar surface area (TPSA) is 54.3 Å². The number of anilines is 2. The molecule has 1 amide bonds. The number of benzene rings is 2. The van der Waals surface area contributed by atoms with Crippen LogP contribution in [0.2, 0.25) is 5.02 Å². The molecule has 4 nitrogen and oxygen atoms in total. The lowest BCUT2D eigenvalue weighted by Crippen LogP contribution is -2.14. The van der Waals surface area contributed by atoms with E-state index in [4.69, 9.17) is 16.0 Å². The van der Waals surface area contributed by atoms with Gasteiger partial charge in [0.05, 0.1) is 19.2 Å². The standard InChI is InChI=1S/C19H17ClN2O2/c20-15-5-3-14(4-6-15)12-19(23)22-17-9-7-16(8-10-17)21-13-18-2-1-11-24-18/h1-11,21H,12-13H2,(H,22,23). The summed E-state index contributed by atoms with van der Waals surface area (Å²) in [6.45, 7) is 0.620. The molecule has 0 saturated carbocycles. The van der Waals surface area contributed by atoms with Crippen molar-refractivity contribution >= 4 is 28.9 Å². The van der Waals surface area contributed by atoms with Gasteiger partial charge in [0.2, 0.25) is 5.91 Å². The fourth-order valence-corrected chi connectivity index (χ4v) is 2.39. The maximum Gasteiger partial charge on any atom is 0.228 e. The first kappa shape index (κ1) is 16.1. The van der Waals surface area contributed by atoms with Crippen molar-refractivity contribution in [2.75, 3.05) is 10.6 Å². The van der Waals surface area contributed by atoms with Gasteiger partial charge in [0.25, 0.3) is 0 Å². The molecule has 0 aliphatic heterocycles. The Morgan fingerprint density at radius 2 is 1.67 bits per heavy atom. The molecule has 0 bridgehead atoms. The number of halogens is 1. The molecular weight excluding hydrogens is 324 g/mol. The first-order chi connectivity index (χ1) is 11.7. The summed E-state index contributed by atoms with van der Waals surface area (Å²) in [5, 5.41) is 6.80. The van der Waals surface area contributed by atoms with Crippen LogP contribution in [0.15, 0.2) is 71.3 Å².